The zero-order valence-electron chi connectivity index (χ0n) is 71.9. The van der Waals surface area contributed by atoms with Crippen LogP contribution in [0.2, 0.25) is 10.0 Å². The molecule has 7 aromatic carbocycles. The van der Waals surface area contributed by atoms with Gasteiger partial charge in [0.05, 0.1) is 84.0 Å². The summed E-state index contributed by atoms with van der Waals surface area (Å²) in [5, 5.41) is 29.4. The molecular weight excluding hydrogens is 1700 g/mol. The van der Waals surface area contributed by atoms with Gasteiger partial charge < -0.3 is 62.6 Å². The summed E-state index contributed by atoms with van der Waals surface area (Å²) >= 11 is 17.0. The average molecular weight is 1800 g/mol. The van der Waals surface area contributed by atoms with Crippen molar-refractivity contribution in [3.63, 3.8) is 0 Å². The van der Waals surface area contributed by atoms with Crippen molar-refractivity contribution in [1.82, 2.24) is 68.0 Å². The molecule has 0 bridgehead atoms. The van der Waals surface area contributed by atoms with Gasteiger partial charge in [0.15, 0.2) is 11.6 Å². The molecule has 27 nitrogen and oxygen atoms in total. The Kier molecular flexibility index (Phi) is 27.3. The van der Waals surface area contributed by atoms with Crippen LogP contribution in [0.4, 0.5) is 0 Å². The summed E-state index contributed by atoms with van der Waals surface area (Å²) in [5.74, 6) is 2.64. The number of aliphatic carboxylic acids is 2. The zero-order valence-corrected chi connectivity index (χ0v) is 75.1. The van der Waals surface area contributed by atoms with E-state index in [1.165, 1.54) is 11.5 Å². The van der Waals surface area contributed by atoms with Crippen molar-refractivity contribution in [2.75, 3.05) is 107 Å². The standard InChI is InChI=1S/C97H96Cl2N14O13S2/c1-58-69(29-31-77(88(58)98)120-47-45-112-41-37-109(3)38-42-112)84-86-82(53-102-90(84)60-16-14-17-60)127-107-94(86)126-81(97(116)117)51-64-24-23-62(49-79(64)124-56-66-34-36-101-93(105-66)72-19-10-13-22-76(72)119-7)73-52-67(106-111(73)5)57-122-68-27-25-61(26-28-68)91-85(70-30-32-78(89(99)59(70)2)121-48-46-113-43-39-110(4)40-44-113)87-83(54-103-91)128-108-95(87)125-80(96(114)115)50-63-15-8-11-20-74(63)123-55-65-33-35-100-92(104-65)71-18-9-12-21-75(71)118-6/h8-13,15,18-36,49,52-54,60,80-81H,14,16-17,37-48,50-51,55-57H2,1-7H3,(H,114,115)(H,116,117). The molecule has 9 heterocycles. The molecule has 2 atom stereocenters. The first-order chi connectivity index (χ1) is 62.4. The Bertz CT molecular complexity index is 6360. The number of rotatable bonds is 36. The number of carbonyl (C=O) groups is 2. The van der Waals surface area contributed by atoms with Crippen LogP contribution < -0.4 is 42.6 Å². The van der Waals surface area contributed by atoms with Gasteiger partial charge >= 0.3 is 11.9 Å². The number of hydrogen-bond acceptors (Lipinski definition) is 26. The van der Waals surface area contributed by atoms with Gasteiger partial charge in [-0.05, 0) is 188 Å². The van der Waals surface area contributed by atoms with Crippen LogP contribution in [0.3, 0.4) is 0 Å². The highest BCUT2D eigenvalue weighted by Crippen LogP contribution is 2.51. The predicted octanol–water partition coefficient (Wildman–Crippen LogP) is 17.4. The van der Waals surface area contributed by atoms with Crippen molar-refractivity contribution in [3.8, 4) is 120 Å². The number of benzene rings is 7. The summed E-state index contributed by atoms with van der Waals surface area (Å²) < 4.78 is 70.0. The quantitative estimate of drug-likeness (QED) is 0.0369. The monoisotopic (exact) mass is 1800 g/mol. The van der Waals surface area contributed by atoms with Crippen molar-refractivity contribution in [3.05, 3.63) is 238 Å². The number of carboxylic acids is 2. The lowest BCUT2D eigenvalue weighted by molar-refractivity contribution is -0.145. The van der Waals surface area contributed by atoms with E-state index in [4.69, 9.17) is 99.6 Å². The number of ether oxygens (including phenoxy) is 9. The van der Waals surface area contributed by atoms with Gasteiger partial charge in [0.2, 0.25) is 24.0 Å². The number of halogens is 2. The highest BCUT2D eigenvalue weighted by Gasteiger charge is 2.34. The van der Waals surface area contributed by atoms with Crippen LogP contribution in [0.1, 0.15) is 70.2 Å². The molecule has 3 fully saturated rings. The topological polar surface area (TPSA) is 292 Å². The van der Waals surface area contributed by atoms with E-state index in [0.717, 1.165) is 129 Å². The number of pyridine rings is 2. The zero-order chi connectivity index (χ0) is 88.5. The minimum Gasteiger partial charge on any atom is -0.496 e. The molecule has 2 aliphatic heterocycles. The van der Waals surface area contributed by atoms with Gasteiger partial charge in [0, 0.05) is 138 Å². The Morgan fingerprint density at radius 3 is 1.52 bits per heavy atom. The summed E-state index contributed by atoms with van der Waals surface area (Å²) in [6, 6.07) is 48.6. The van der Waals surface area contributed by atoms with Gasteiger partial charge in [-0.15, -0.1) is 0 Å². The minimum absolute atomic E-state index is 0.0221. The van der Waals surface area contributed by atoms with Gasteiger partial charge in [-0.1, -0.05) is 96.4 Å². The average Bonchev–Trinajstić information content (AvgIpc) is 1.52. The Labute approximate surface area is 759 Å². The second-order valence-corrected chi connectivity index (χ2v) is 34.4. The van der Waals surface area contributed by atoms with Crippen LogP contribution in [0.25, 0.3) is 87.7 Å². The van der Waals surface area contributed by atoms with Crippen molar-refractivity contribution < 1.29 is 62.4 Å². The smallest absolute Gasteiger partial charge is 0.345 e. The number of methoxy groups -OCH3 is 2. The van der Waals surface area contributed by atoms with Crippen molar-refractivity contribution >= 4 is 78.4 Å². The van der Waals surface area contributed by atoms with Crippen molar-refractivity contribution in [2.45, 2.75) is 83.9 Å². The molecule has 3 aliphatic rings. The van der Waals surface area contributed by atoms with E-state index in [9.17, 15) is 19.8 Å². The van der Waals surface area contributed by atoms with Crippen LogP contribution >= 0.6 is 46.3 Å². The maximum atomic E-state index is 13.8. The normalized spacial score (nSPS) is 14.6. The van der Waals surface area contributed by atoms with E-state index in [1.54, 1.807) is 55.7 Å². The van der Waals surface area contributed by atoms with Gasteiger partial charge in [-0.25, -0.2) is 29.5 Å². The fourth-order valence-electron chi connectivity index (χ4n) is 16.3. The fourth-order valence-corrected chi connectivity index (χ4v) is 18.1. The van der Waals surface area contributed by atoms with E-state index in [2.05, 4.69) is 43.7 Å². The lowest BCUT2D eigenvalue weighted by Crippen LogP contribution is -2.45. The number of likely N-dealkylation sites (N-methyl/N-ethyl adjacent to an activating group) is 2. The molecule has 0 amide bonds. The molecule has 17 rings (SSSR count). The number of para-hydroxylation sites is 3. The van der Waals surface area contributed by atoms with Crippen molar-refractivity contribution in [1.29, 1.82) is 0 Å². The first-order valence-electron chi connectivity index (χ1n) is 42.5. The molecule has 31 heteroatoms. The molecule has 658 valence electrons. The molecule has 14 aromatic rings. The van der Waals surface area contributed by atoms with E-state index in [1.807, 2.05) is 167 Å². The molecule has 2 N–H and O–H groups in total. The van der Waals surface area contributed by atoms with Crippen LogP contribution in [0, 0.1) is 13.8 Å². The third-order valence-corrected chi connectivity index (χ3v) is 26.2. The second kappa shape index (κ2) is 39.8. The summed E-state index contributed by atoms with van der Waals surface area (Å²) in [6.07, 6.45) is 6.73. The number of nitrogens with zero attached hydrogens (tertiary/aromatic N) is 14. The molecule has 2 saturated heterocycles. The Morgan fingerprint density at radius 2 is 0.984 bits per heavy atom. The summed E-state index contributed by atoms with van der Waals surface area (Å²) in [7, 11) is 9.31. The molecule has 2 unspecified atom stereocenters. The van der Waals surface area contributed by atoms with Gasteiger partial charge in [0.1, 0.15) is 79.0 Å². The number of fused-ring (bicyclic) bond motifs is 2. The molecular formula is C97H96Cl2N14O13S2. The van der Waals surface area contributed by atoms with Gasteiger partial charge in [-0.2, -0.15) is 13.8 Å². The van der Waals surface area contributed by atoms with Gasteiger partial charge in [0.25, 0.3) is 0 Å². The molecule has 7 aromatic heterocycles. The molecule has 128 heavy (non-hydrogen) atoms. The third kappa shape index (κ3) is 19.7. The lowest BCUT2D eigenvalue weighted by Gasteiger charge is -2.32. The molecule has 0 radical (unpaired) electrons. The molecule has 0 spiro atoms. The van der Waals surface area contributed by atoms with E-state index in [-0.39, 0.29) is 50.3 Å². The number of aromatic nitrogens is 10. The number of hydrogen-bond donors (Lipinski definition) is 2. The molecule has 1 saturated carbocycles. The predicted molar refractivity (Wildman–Crippen MR) is 494 cm³/mol. The molecule has 1 aliphatic carbocycles. The largest absolute Gasteiger partial charge is 0.496 e. The third-order valence-electron chi connectivity index (χ3n) is 23.8. The first kappa shape index (κ1) is 87.6. The van der Waals surface area contributed by atoms with Crippen LogP contribution in [-0.2, 0) is 49.3 Å². The van der Waals surface area contributed by atoms with Gasteiger partial charge in [-0.3, -0.25) is 24.4 Å². The highest BCUT2D eigenvalue weighted by molar-refractivity contribution is 7.14. The Balaban J connectivity index is 0.642. The van der Waals surface area contributed by atoms with E-state index in [0.29, 0.717) is 164 Å². The summed E-state index contributed by atoms with van der Waals surface area (Å²) in [4.78, 5) is 65.8. The number of carboxylic acid groups (broad SMARTS) is 2. The Hall–Kier alpha value is -12.5. The summed E-state index contributed by atoms with van der Waals surface area (Å²) in [6.45, 7) is 14.3. The summed E-state index contributed by atoms with van der Waals surface area (Å²) in [5.41, 5.74) is 12.3. The minimum atomic E-state index is -1.45. The van der Waals surface area contributed by atoms with Crippen LogP contribution in [0.5, 0.6) is 52.0 Å². The van der Waals surface area contributed by atoms with Crippen molar-refractivity contribution in [2.24, 2.45) is 7.05 Å². The Morgan fingerprint density at radius 1 is 0.492 bits per heavy atom. The van der Waals surface area contributed by atoms with Crippen LogP contribution in [-0.4, -0.2) is 209 Å². The lowest BCUT2D eigenvalue weighted by atomic mass is 9.79. The number of piperazine rings is 2. The number of aryl methyl sites for hydroxylation is 1. The highest BCUT2D eigenvalue weighted by atomic mass is 35.5. The van der Waals surface area contributed by atoms with E-state index < -0.39 is 24.1 Å². The maximum absolute atomic E-state index is 13.8. The first-order valence-corrected chi connectivity index (χ1v) is 44.8. The van der Waals surface area contributed by atoms with E-state index >= 15 is 0 Å². The second-order valence-electron chi connectivity index (χ2n) is 32.1. The van der Waals surface area contributed by atoms with Crippen LogP contribution in [0.15, 0.2) is 183 Å². The fraction of sp³-hybridized carbons (Fsp3) is 0.309. The maximum Gasteiger partial charge on any atom is 0.345 e. The SMILES string of the molecule is COc1ccccc1-c1nccc(COc2ccccc2CC(Oc2nsc3cnc(-c4ccc(OCc5cc(-c6ccc(CC(Oc7nsc8cnc(C9CCC9)c(-c9ccc(OCCN%10CCN(C)CC%10)c(Cl)c9C)c78)C(=O)O)c(OCc7ccnc(-c8ccccc8OC)n7)c6)n(C)n5)cc4)c(-c4ccc(OCCN5CCN(C)CC5)c(Cl)c4C)c23)C(=O)O)n1.